The minimum Gasteiger partial charge on any atom is -0.282 e. The number of rotatable bonds is 1. The highest BCUT2D eigenvalue weighted by Gasteiger charge is 2.59. The highest BCUT2D eigenvalue weighted by Crippen LogP contribution is 2.47. The number of alkyl halides is 3. The Hall–Kier alpha value is -1.36. The second-order valence-corrected chi connectivity index (χ2v) is 4.80. The summed E-state index contributed by atoms with van der Waals surface area (Å²) in [5, 5.41) is 0. The minimum absolute atomic E-state index is 0.145. The van der Waals surface area contributed by atoms with Crippen LogP contribution in [0.1, 0.15) is 17.2 Å². The van der Waals surface area contributed by atoms with Gasteiger partial charge in [0.25, 0.3) is 0 Å². The summed E-state index contributed by atoms with van der Waals surface area (Å²) in [7, 11) is 0. The second-order valence-electron chi connectivity index (χ2n) is 4.80. The Morgan fingerprint density at radius 3 is 2.44 bits per heavy atom. The Morgan fingerprint density at radius 2 is 1.83 bits per heavy atom. The van der Waals surface area contributed by atoms with Crippen LogP contribution in [0.4, 0.5) is 13.2 Å². The molecule has 0 aromatic heterocycles. The molecule has 0 bridgehead atoms. The van der Waals surface area contributed by atoms with E-state index in [1.54, 1.807) is 0 Å². The number of hydrogen-bond donors (Lipinski definition) is 0. The predicted molar refractivity (Wildman–Crippen MR) is 62.8 cm³/mol. The van der Waals surface area contributed by atoms with Crippen LogP contribution in [0.25, 0.3) is 0 Å². The van der Waals surface area contributed by atoms with Gasteiger partial charge in [-0.05, 0) is 12.5 Å². The molecule has 0 spiro atoms. The highest BCUT2D eigenvalue weighted by molar-refractivity contribution is 5.98. The maximum absolute atomic E-state index is 12.8. The van der Waals surface area contributed by atoms with Crippen LogP contribution in [-0.2, 0) is 0 Å². The molecule has 18 heavy (non-hydrogen) atoms. The fourth-order valence-corrected chi connectivity index (χ4v) is 2.63. The number of benzene rings is 1. The van der Waals surface area contributed by atoms with E-state index in [1.165, 1.54) is 0 Å². The molecular formula is C13H13F3N2. The molecule has 1 unspecified atom stereocenters. The van der Waals surface area contributed by atoms with Crippen molar-refractivity contribution < 1.29 is 13.2 Å². The van der Waals surface area contributed by atoms with E-state index >= 15 is 0 Å². The molecule has 0 saturated carbocycles. The van der Waals surface area contributed by atoms with Crippen molar-refractivity contribution in [3.63, 3.8) is 0 Å². The summed E-state index contributed by atoms with van der Waals surface area (Å²) in [6.45, 7) is 2.82. The van der Waals surface area contributed by atoms with E-state index in [9.17, 15) is 13.2 Å². The van der Waals surface area contributed by atoms with Gasteiger partial charge in [-0.3, -0.25) is 9.89 Å². The third-order valence-corrected chi connectivity index (χ3v) is 3.55. The third-order valence-electron chi connectivity index (χ3n) is 3.55. The van der Waals surface area contributed by atoms with Crippen molar-refractivity contribution >= 4 is 5.71 Å². The van der Waals surface area contributed by atoms with E-state index in [-0.39, 0.29) is 12.6 Å². The molecule has 96 valence electrons. The highest BCUT2D eigenvalue weighted by atomic mass is 19.4. The SMILES string of the molecule is Cc1ccc([C@H]2[C@@H]3C(C(F)(F)F)=NCCN32)cc1. The molecule has 3 atom stereocenters. The summed E-state index contributed by atoms with van der Waals surface area (Å²) in [4.78, 5) is 5.53. The lowest BCUT2D eigenvalue weighted by molar-refractivity contribution is -0.0613. The van der Waals surface area contributed by atoms with Crippen LogP contribution in [0.3, 0.4) is 0 Å². The van der Waals surface area contributed by atoms with Gasteiger partial charge in [0.1, 0.15) is 5.71 Å². The van der Waals surface area contributed by atoms with Crippen molar-refractivity contribution in [2.45, 2.75) is 25.2 Å². The fraction of sp³-hybridized carbons (Fsp3) is 0.462. The van der Waals surface area contributed by atoms with Crippen molar-refractivity contribution in [1.82, 2.24) is 4.90 Å². The standard InChI is InChI=1S/C13H13F3N2/c1-8-2-4-9(5-3-8)10-11-12(13(14,15)16)17-6-7-18(10)11/h2-5,10-11H,6-7H2,1H3/t10-,11+,18?/m0/s1. The normalized spacial score (nSPS) is 30.7. The molecule has 0 N–H and O–H groups in total. The molecule has 0 aliphatic carbocycles. The first-order valence-corrected chi connectivity index (χ1v) is 5.92. The Morgan fingerprint density at radius 1 is 1.17 bits per heavy atom. The topological polar surface area (TPSA) is 15.4 Å². The minimum atomic E-state index is -4.30. The van der Waals surface area contributed by atoms with Crippen LogP contribution in [0.5, 0.6) is 0 Å². The Balaban J connectivity index is 1.87. The number of aryl methyl sites for hydroxylation is 1. The summed E-state index contributed by atoms with van der Waals surface area (Å²) in [6.07, 6.45) is -4.30. The molecule has 1 aromatic carbocycles. The molecule has 5 heteroatoms. The maximum Gasteiger partial charge on any atom is 0.430 e. The molecule has 2 heterocycles. The van der Waals surface area contributed by atoms with Crippen molar-refractivity contribution in [3.8, 4) is 0 Å². The molecule has 0 radical (unpaired) electrons. The van der Waals surface area contributed by atoms with Gasteiger partial charge in [-0.2, -0.15) is 13.2 Å². The first-order chi connectivity index (χ1) is 8.48. The molecule has 2 nitrogen and oxygen atoms in total. The molecule has 0 amide bonds. The Bertz CT molecular complexity index is 490. The second kappa shape index (κ2) is 3.82. The number of fused-ring (bicyclic) bond motifs is 1. The molecule has 2 aliphatic rings. The number of nitrogens with zero attached hydrogens (tertiary/aromatic N) is 2. The zero-order valence-electron chi connectivity index (χ0n) is 9.91. The lowest BCUT2D eigenvalue weighted by atomic mass is 10.1. The summed E-state index contributed by atoms with van der Waals surface area (Å²) in [5.74, 6) is 0. The first kappa shape index (κ1) is 11.7. The van der Waals surface area contributed by atoms with Crippen LogP contribution in [-0.4, -0.2) is 35.9 Å². The van der Waals surface area contributed by atoms with Gasteiger partial charge in [0.15, 0.2) is 0 Å². The van der Waals surface area contributed by atoms with Gasteiger partial charge in [0.05, 0.1) is 18.6 Å². The van der Waals surface area contributed by atoms with Crippen LogP contribution in [0.2, 0.25) is 0 Å². The van der Waals surface area contributed by atoms with Crippen molar-refractivity contribution in [2.24, 2.45) is 4.99 Å². The van der Waals surface area contributed by atoms with Gasteiger partial charge in [0.2, 0.25) is 0 Å². The maximum atomic E-state index is 12.8. The molecular weight excluding hydrogens is 241 g/mol. The summed E-state index contributed by atoms with van der Waals surface area (Å²) in [5.41, 5.74) is 1.45. The van der Waals surface area contributed by atoms with Crippen LogP contribution in [0, 0.1) is 6.92 Å². The van der Waals surface area contributed by atoms with E-state index in [2.05, 4.69) is 4.99 Å². The van der Waals surface area contributed by atoms with E-state index in [0.717, 1.165) is 11.1 Å². The van der Waals surface area contributed by atoms with E-state index in [1.807, 2.05) is 36.1 Å². The quantitative estimate of drug-likeness (QED) is 0.703. The van der Waals surface area contributed by atoms with E-state index in [4.69, 9.17) is 0 Å². The lowest BCUT2D eigenvalue weighted by Crippen LogP contribution is -2.34. The third kappa shape index (κ3) is 1.82. The van der Waals surface area contributed by atoms with Crippen molar-refractivity contribution in [1.29, 1.82) is 0 Å². The van der Waals surface area contributed by atoms with Gasteiger partial charge in [0, 0.05) is 6.54 Å². The fourth-order valence-electron chi connectivity index (χ4n) is 2.63. The van der Waals surface area contributed by atoms with Gasteiger partial charge in [-0.15, -0.1) is 0 Å². The van der Waals surface area contributed by atoms with Gasteiger partial charge in [-0.1, -0.05) is 29.8 Å². The van der Waals surface area contributed by atoms with Crippen LogP contribution in [0.15, 0.2) is 29.3 Å². The van der Waals surface area contributed by atoms with Crippen LogP contribution >= 0.6 is 0 Å². The average Bonchev–Trinajstić information content (AvgIpc) is 3.03. The number of halogens is 3. The number of aliphatic imine (C=N–C) groups is 1. The van der Waals surface area contributed by atoms with E-state index < -0.39 is 17.9 Å². The smallest absolute Gasteiger partial charge is 0.282 e. The van der Waals surface area contributed by atoms with Gasteiger partial charge in [-0.25, -0.2) is 0 Å². The lowest BCUT2D eigenvalue weighted by Gasteiger charge is -2.14. The van der Waals surface area contributed by atoms with Crippen molar-refractivity contribution in [3.05, 3.63) is 35.4 Å². The Kier molecular flexibility index (Phi) is 2.48. The molecule has 2 aliphatic heterocycles. The van der Waals surface area contributed by atoms with E-state index in [0.29, 0.717) is 6.54 Å². The summed E-state index contributed by atoms with van der Waals surface area (Å²) < 4.78 is 38.4. The predicted octanol–water partition coefficient (Wildman–Crippen LogP) is 2.74. The van der Waals surface area contributed by atoms with Crippen molar-refractivity contribution in [2.75, 3.05) is 13.1 Å². The molecule has 3 rings (SSSR count). The largest absolute Gasteiger partial charge is 0.430 e. The monoisotopic (exact) mass is 254 g/mol. The zero-order valence-corrected chi connectivity index (χ0v) is 9.91. The molecule has 1 aromatic rings. The number of hydrogen-bond acceptors (Lipinski definition) is 2. The average molecular weight is 254 g/mol. The Labute approximate surface area is 103 Å². The van der Waals surface area contributed by atoms with Gasteiger partial charge >= 0.3 is 6.18 Å². The molecule has 1 saturated heterocycles. The summed E-state index contributed by atoms with van der Waals surface area (Å²) in [6, 6.07) is 6.98. The first-order valence-electron chi connectivity index (χ1n) is 5.92. The van der Waals surface area contributed by atoms with Gasteiger partial charge < -0.3 is 0 Å². The zero-order chi connectivity index (χ0) is 12.9. The van der Waals surface area contributed by atoms with Crippen LogP contribution < -0.4 is 0 Å². The summed E-state index contributed by atoms with van der Waals surface area (Å²) >= 11 is 0. The molecule has 1 fully saturated rings.